The zero-order chi connectivity index (χ0) is 18.6. The molecule has 1 unspecified atom stereocenters. The number of carbonyl (C=O) groups is 1. The van der Waals surface area contributed by atoms with E-state index in [4.69, 9.17) is 16.3 Å². The van der Waals surface area contributed by atoms with Crippen molar-refractivity contribution in [1.82, 2.24) is 14.9 Å². The molecule has 0 aliphatic rings. The van der Waals surface area contributed by atoms with E-state index < -0.39 is 0 Å². The molecule has 0 radical (unpaired) electrons. The minimum atomic E-state index is -0.251. The van der Waals surface area contributed by atoms with E-state index in [2.05, 4.69) is 21.8 Å². The van der Waals surface area contributed by atoms with Crippen LogP contribution in [0.5, 0.6) is 0 Å². The number of imidazole rings is 1. The molecule has 1 heterocycles. The predicted molar refractivity (Wildman–Crippen MR) is 104 cm³/mol. The molecule has 2 aromatic rings. The molecule has 1 aromatic heterocycles. The van der Waals surface area contributed by atoms with Crippen LogP contribution < -0.4 is 5.32 Å². The first-order valence-corrected chi connectivity index (χ1v) is 9.66. The number of ether oxygens (including phenoxy) is 1. The Bertz CT molecular complexity index is 745. The van der Waals surface area contributed by atoms with E-state index >= 15 is 0 Å². The fourth-order valence-electron chi connectivity index (χ4n) is 2.30. The maximum atomic E-state index is 12.5. The molecule has 1 amide bonds. The molecule has 138 valence electrons. The van der Waals surface area contributed by atoms with Gasteiger partial charge in [-0.3, -0.25) is 4.79 Å². The number of amides is 1. The third-order valence-electron chi connectivity index (χ3n) is 4.19. The van der Waals surface area contributed by atoms with E-state index in [1.165, 1.54) is 11.8 Å². The molecule has 25 heavy (non-hydrogen) atoms. The summed E-state index contributed by atoms with van der Waals surface area (Å²) in [6, 6.07) is 5.65. The molecule has 0 aliphatic carbocycles. The predicted octanol–water partition coefficient (Wildman–Crippen LogP) is 4.12. The summed E-state index contributed by atoms with van der Waals surface area (Å²) in [7, 11) is 1.67. The summed E-state index contributed by atoms with van der Waals surface area (Å²) in [5.41, 5.74) is 1.60. The van der Waals surface area contributed by atoms with Crippen molar-refractivity contribution in [2.45, 2.75) is 56.6 Å². The average Bonchev–Trinajstić information content (AvgIpc) is 2.88. The number of aromatic nitrogens is 2. The molecule has 1 atom stereocenters. The average molecular weight is 384 g/mol. The zero-order valence-electron chi connectivity index (χ0n) is 15.4. The van der Waals surface area contributed by atoms with Gasteiger partial charge in [0.05, 0.1) is 22.9 Å². The summed E-state index contributed by atoms with van der Waals surface area (Å²) in [4.78, 5) is 17.2. The number of rotatable bonds is 8. The Balaban J connectivity index is 2.25. The zero-order valence-corrected chi connectivity index (χ0v) is 17.0. The van der Waals surface area contributed by atoms with Crippen LogP contribution in [0.25, 0.3) is 11.0 Å². The van der Waals surface area contributed by atoms with Gasteiger partial charge in [0.1, 0.15) is 0 Å². The molecule has 2 rings (SSSR count). The number of nitrogens with one attached hydrogen (secondary N) is 1. The van der Waals surface area contributed by atoms with Gasteiger partial charge in [-0.05, 0) is 45.4 Å². The highest BCUT2D eigenvalue weighted by Crippen LogP contribution is 2.29. The van der Waals surface area contributed by atoms with Crippen molar-refractivity contribution >= 4 is 40.3 Å². The first-order valence-electron chi connectivity index (χ1n) is 8.41. The van der Waals surface area contributed by atoms with E-state index in [1.807, 2.05) is 39.0 Å². The van der Waals surface area contributed by atoms with Crippen molar-refractivity contribution < 1.29 is 9.53 Å². The number of carbonyl (C=O) groups excluding carboxylic acids is 1. The summed E-state index contributed by atoms with van der Waals surface area (Å²) in [5.74, 6) is 0.0141. The van der Waals surface area contributed by atoms with E-state index in [-0.39, 0.29) is 16.7 Å². The summed E-state index contributed by atoms with van der Waals surface area (Å²) in [6.45, 7) is 9.26. The second-order valence-corrected chi connectivity index (χ2v) is 8.40. The molecular formula is C18H26ClN3O2S. The highest BCUT2D eigenvalue weighted by molar-refractivity contribution is 8.00. The van der Waals surface area contributed by atoms with E-state index in [1.54, 1.807) is 7.11 Å². The van der Waals surface area contributed by atoms with Crippen molar-refractivity contribution in [2.75, 3.05) is 13.7 Å². The molecule has 0 bridgehead atoms. The van der Waals surface area contributed by atoms with E-state index in [9.17, 15) is 4.79 Å². The molecule has 1 aromatic carbocycles. The maximum Gasteiger partial charge on any atom is 0.233 e. The third-order valence-corrected chi connectivity index (χ3v) is 5.52. The van der Waals surface area contributed by atoms with Crippen molar-refractivity contribution in [1.29, 1.82) is 0 Å². The highest BCUT2D eigenvalue weighted by atomic mass is 35.5. The van der Waals surface area contributed by atoms with Gasteiger partial charge < -0.3 is 14.6 Å². The number of benzene rings is 1. The lowest BCUT2D eigenvalue weighted by Crippen LogP contribution is -2.46. The fraction of sp³-hybridized carbons (Fsp3) is 0.556. The van der Waals surface area contributed by atoms with Crippen molar-refractivity contribution in [3.8, 4) is 0 Å². The highest BCUT2D eigenvalue weighted by Gasteiger charge is 2.24. The summed E-state index contributed by atoms with van der Waals surface area (Å²) >= 11 is 7.54. The number of hydrogen-bond donors (Lipinski definition) is 1. The SMILES string of the molecule is CCC(C)(C)NC(=O)C(C)Sc1nc2cc(Cl)ccc2n1CCOC. The third kappa shape index (κ3) is 5.12. The monoisotopic (exact) mass is 383 g/mol. The Morgan fingerprint density at radius 1 is 1.48 bits per heavy atom. The Hall–Kier alpha value is -1.24. The number of nitrogens with zero attached hydrogens (tertiary/aromatic N) is 2. The number of halogens is 1. The standard InChI is InChI=1S/C18H26ClN3O2S/c1-6-18(3,4)21-16(23)12(2)25-17-20-14-11-13(19)7-8-15(14)22(17)9-10-24-5/h7-8,11-12H,6,9-10H2,1-5H3,(H,21,23). The first kappa shape index (κ1) is 20.1. The Labute approximate surface area is 158 Å². The maximum absolute atomic E-state index is 12.5. The second kappa shape index (κ2) is 8.43. The lowest BCUT2D eigenvalue weighted by atomic mass is 10.0. The van der Waals surface area contributed by atoms with Gasteiger partial charge in [0, 0.05) is 24.2 Å². The molecule has 1 N–H and O–H groups in total. The van der Waals surface area contributed by atoms with Gasteiger partial charge >= 0.3 is 0 Å². The van der Waals surface area contributed by atoms with E-state index in [0.29, 0.717) is 18.2 Å². The van der Waals surface area contributed by atoms with Crippen LogP contribution in [0.4, 0.5) is 0 Å². The smallest absolute Gasteiger partial charge is 0.233 e. The topological polar surface area (TPSA) is 56.2 Å². The molecular weight excluding hydrogens is 358 g/mol. The van der Waals surface area contributed by atoms with Gasteiger partial charge in [0.2, 0.25) is 5.91 Å². The van der Waals surface area contributed by atoms with Crippen LogP contribution in [0.2, 0.25) is 5.02 Å². The Morgan fingerprint density at radius 2 is 2.20 bits per heavy atom. The van der Waals surface area contributed by atoms with Crippen LogP contribution in [0.15, 0.2) is 23.4 Å². The van der Waals surface area contributed by atoms with Crippen LogP contribution in [-0.4, -0.2) is 40.0 Å². The van der Waals surface area contributed by atoms with Crippen LogP contribution in [0.1, 0.15) is 34.1 Å². The lowest BCUT2D eigenvalue weighted by molar-refractivity contribution is -0.121. The molecule has 0 saturated carbocycles. The molecule has 0 spiro atoms. The number of thioether (sulfide) groups is 1. The van der Waals surface area contributed by atoms with Gasteiger partial charge in [-0.1, -0.05) is 30.3 Å². The Kier molecular flexibility index (Phi) is 6.77. The molecule has 0 fully saturated rings. The van der Waals surface area contributed by atoms with Gasteiger partial charge in [0.25, 0.3) is 0 Å². The molecule has 0 saturated heterocycles. The van der Waals surface area contributed by atoms with Gasteiger partial charge in [-0.2, -0.15) is 0 Å². The lowest BCUT2D eigenvalue weighted by Gasteiger charge is -2.26. The normalized spacial score (nSPS) is 13.2. The van der Waals surface area contributed by atoms with E-state index in [0.717, 1.165) is 22.6 Å². The van der Waals surface area contributed by atoms with Gasteiger partial charge in [0.15, 0.2) is 5.16 Å². The molecule has 0 aliphatic heterocycles. The van der Waals surface area contributed by atoms with Crippen molar-refractivity contribution in [3.63, 3.8) is 0 Å². The second-order valence-electron chi connectivity index (χ2n) is 6.66. The number of hydrogen-bond acceptors (Lipinski definition) is 4. The summed E-state index contributed by atoms with van der Waals surface area (Å²) in [6.07, 6.45) is 0.876. The summed E-state index contributed by atoms with van der Waals surface area (Å²) in [5, 5.41) is 4.28. The minimum Gasteiger partial charge on any atom is -0.383 e. The van der Waals surface area contributed by atoms with Gasteiger partial charge in [-0.25, -0.2) is 4.98 Å². The minimum absolute atomic E-state index is 0.0141. The summed E-state index contributed by atoms with van der Waals surface area (Å²) < 4.78 is 7.29. The largest absolute Gasteiger partial charge is 0.383 e. The number of methoxy groups -OCH3 is 1. The van der Waals surface area contributed by atoms with Crippen molar-refractivity contribution in [3.05, 3.63) is 23.2 Å². The quantitative estimate of drug-likeness (QED) is 0.696. The van der Waals surface area contributed by atoms with Crippen LogP contribution >= 0.6 is 23.4 Å². The van der Waals surface area contributed by atoms with Crippen LogP contribution in [-0.2, 0) is 16.1 Å². The molecule has 5 nitrogen and oxygen atoms in total. The van der Waals surface area contributed by atoms with Crippen molar-refractivity contribution in [2.24, 2.45) is 0 Å². The Morgan fingerprint density at radius 3 is 2.84 bits per heavy atom. The number of fused-ring (bicyclic) bond motifs is 1. The van der Waals surface area contributed by atoms with Crippen LogP contribution in [0.3, 0.4) is 0 Å². The first-order chi connectivity index (χ1) is 11.8. The fourth-order valence-corrected chi connectivity index (χ4v) is 3.42. The van der Waals surface area contributed by atoms with Gasteiger partial charge in [-0.15, -0.1) is 0 Å². The molecule has 7 heteroatoms. The van der Waals surface area contributed by atoms with Crippen LogP contribution in [0, 0.1) is 0 Å².